The highest BCUT2D eigenvalue weighted by atomic mass is 16.1. The van der Waals surface area contributed by atoms with E-state index in [0.717, 1.165) is 31.7 Å². The van der Waals surface area contributed by atoms with E-state index >= 15 is 0 Å². The summed E-state index contributed by atoms with van der Waals surface area (Å²) in [4.78, 5) is 30.4. The van der Waals surface area contributed by atoms with Crippen LogP contribution in [0.5, 0.6) is 0 Å². The van der Waals surface area contributed by atoms with Gasteiger partial charge >= 0.3 is 0 Å². The first kappa shape index (κ1) is 15.2. The van der Waals surface area contributed by atoms with Crippen LogP contribution >= 0.6 is 0 Å². The van der Waals surface area contributed by atoms with Crippen molar-refractivity contribution in [3.63, 3.8) is 0 Å². The van der Waals surface area contributed by atoms with Gasteiger partial charge in [0, 0.05) is 30.5 Å². The maximum atomic E-state index is 12.6. The summed E-state index contributed by atoms with van der Waals surface area (Å²) < 4.78 is 0. The monoisotopic (exact) mass is 309 g/mol. The molecule has 1 saturated heterocycles. The van der Waals surface area contributed by atoms with E-state index in [1.165, 1.54) is 6.92 Å². The lowest BCUT2D eigenvalue weighted by Crippen LogP contribution is -2.24. The summed E-state index contributed by atoms with van der Waals surface area (Å²) >= 11 is 0. The molecular weight excluding hydrogens is 290 g/mol. The van der Waals surface area contributed by atoms with Crippen molar-refractivity contribution in [2.75, 3.05) is 23.3 Å². The molecule has 0 aliphatic carbocycles. The summed E-state index contributed by atoms with van der Waals surface area (Å²) in [6.45, 7) is 3.39. The maximum Gasteiger partial charge on any atom is 0.259 e. The summed E-state index contributed by atoms with van der Waals surface area (Å²) in [7, 11) is 0. The van der Waals surface area contributed by atoms with Crippen molar-refractivity contribution < 1.29 is 9.59 Å². The number of carbonyl (C=O) groups is 2. The minimum absolute atomic E-state index is 0.00598. The summed E-state index contributed by atoms with van der Waals surface area (Å²) in [5, 5.41) is 2.87. The van der Waals surface area contributed by atoms with E-state index < -0.39 is 0 Å². The standard InChI is InChI=1S/C18H19N3O2/c1-13(22)14-6-8-15(9-7-14)20-18(23)16-5-4-10-19-17(16)21-11-2-3-12-21/h4-10H,2-3,11-12H2,1H3,(H,20,23). The second kappa shape index (κ2) is 6.60. The molecule has 1 amide bonds. The minimum Gasteiger partial charge on any atom is -0.356 e. The van der Waals surface area contributed by atoms with Crippen LogP contribution in [0.2, 0.25) is 0 Å². The Labute approximate surface area is 135 Å². The van der Waals surface area contributed by atoms with Gasteiger partial charge in [-0.05, 0) is 56.2 Å². The van der Waals surface area contributed by atoms with E-state index in [2.05, 4.69) is 15.2 Å². The predicted molar refractivity (Wildman–Crippen MR) is 90.1 cm³/mol. The molecule has 0 atom stereocenters. The molecule has 2 aromatic rings. The maximum absolute atomic E-state index is 12.6. The molecule has 0 radical (unpaired) electrons. The molecule has 23 heavy (non-hydrogen) atoms. The highest BCUT2D eigenvalue weighted by Crippen LogP contribution is 2.23. The number of benzene rings is 1. The molecule has 2 heterocycles. The van der Waals surface area contributed by atoms with E-state index in [-0.39, 0.29) is 11.7 Å². The van der Waals surface area contributed by atoms with Gasteiger partial charge in [0.25, 0.3) is 5.91 Å². The van der Waals surface area contributed by atoms with Gasteiger partial charge in [0.05, 0.1) is 5.56 Å². The molecule has 1 aromatic heterocycles. The Hall–Kier alpha value is -2.69. The van der Waals surface area contributed by atoms with Crippen molar-refractivity contribution in [2.24, 2.45) is 0 Å². The number of pyridine rings is 1. The van der Waals surface area contributed by atoms with Crippen LogP contribution in [-0.2, 0) is 0 Å². The normalized spacial score (nSPS) is 13.9. The number of anilines is 2. The Bertz CT molecular complexity index is 719. The van der Waals surface area contributed by atoms with Gasteiger partial charge in [-0.3, -0.25) is 9.59 Å². The SMILES string of the molecule is CC(=O)c1ccc(NC(=O)c2cccnc2N2CCCC2)cc1. The van der Waals surface area contributed by atoms with Crippen molar-refractivity contribution in [3.05, 3.63) is 53.7 Å². The number of nitrogens with one attached hydrogen (secondary N) is 1. The zero-order chi connectivity index (χ0) is 16.2. The van der Waals surface area contributed by atoms with E-state index in [4.69, 9.17) is 0 Å². The number of hydrogen-bond donors (Lipinski definition) is 1. The van der Waals surface area contributed by atoms with Gasteiger partial charge in [0.1, 0.15) is 5.82 Å². The van der Waals surface area contributed by atoms with Crippen molar-refractivity contribution >= 4 is 23.2 Å². The van der Waals surface area contributed by atoms with Gasteiger partial charge in [-0.1, -0.05) is 0 Å². The summed E-state index contributed by atoms with van der Waals surface area (Å²) in [5.41, 5.74) is 1.86. The molecule has 1 N–H and O–H groups in total. The first-order chi connectivity index (χ1) is 11.1. The van der Waals surface area contributed by atoms with Crippen LogP contribution in [0.4, 0.5) is 11.5 Å². The lowest BCUT2D eigenvalue weighted by atomic mass is 10.1. The third-order valence-electron chi connectivity index (χ3n) is 3.99. The predicted octanol–water partition coefficient (Wildman–Crippen LogP) is 3.14. The zero-order valence-corrected chi connectivity index (χ0v) is 13.1. The molecule has 1 aromatic carbocycles. The average molecular weight is 309 g/mol. The van der Waals surface area contributed by atoms with Crippen LogP contribution in [0.15, 0.2) is 42.6 Å². The summed E-state index contributed by atoms with van der Waals surface area (Å²) in [6.07, 6.45) is 3.97. The second-order valence-electron chi connectivity index (χ2n) is 5.66. The molecule has 0 bridgehead atoms. The third kappa shape index (κ3) is 3.39. The first-order valence-corrected chi connectivity index (χ1v) is 7.77. The quantitative estimate of drug-likeness (QED) is 0.881. The Morgan fingerprint density at radius 3 is 2.43 bits per heavy atom. The van der Waals surface area contributed by atoms with E-state index in [0.29, 0.717) is 16.8 Å². The van der Waals surface area contributed by atoms with Gasteiger partial charge in [-0.15, -0.1) is 0 Å². The lowest BCUT2D eigenvalue weighted by Gasteiger charge is -2.19. The van der Waals surface area contributed by atoms with E-state index in [1.54, 1.807) is 42.6 Å². The molecule has 118 valence electrons. The number of nitrogens with zero attached hydrogens (tertiary/aromatic N) is 2. The van der Waals surface area contributed by atoms with Gasteiger partial charge < -0.3 is 10.2 Å². The second-order valence-corrected chi connectivity index (χ2v) is 5.66. The van der Waals surface area contributed by atoms with Crippen LogP contribution in [0.1, 0.15) is 40.5 Å². The molecule has 1 fully saturated rings. The van der Waals surface area contributed by atoms with Gasteiger partial charge in [-0.25, -0.2) is 4.98 Å². The molecule has 1 aliphatic rings. The molecule has 0 spiro atoms. The fourth-order valence-corrected chi connectivity index (χ4v) is 2.74. The van der Waals surface area contributed by atoms with Crippen molar-refractivity contribution in [1.82, 2.24) is 4.98 Å². The fourth-order valence-electron chi connectivity index (χ4n) is 2.74. The molecule has 0 unspecified atom stereocenters. The highest BCUT2D eigenvalue weighted by molar-refractivity contribution is 6.07. The van der Waals surface area contributed by atoms with Crippen molar-refractivity contribution in [1.29, 1.82) is 0 Å². The smallest absolute Gasteiger partial charge is 0.259 e. The Morgan fingerprint density at radius 2 is 1.78 bits per heavy atom. The topological polar surface area (TPSA) is 62.3 Å². The molecule has 3 rings (SSSR count). The number of carbonyl (C=O) groups excluding carboxylic acids is 2. The van der Waals surface area contributed by atoms with Crippen LogP contribution in [0, 0.1) is 0 Å². The molecular formula is C18H19N3O2. The average Bonchev–Trinajstić information content (AvgIpc) is 3.09. The lowest BCUT2D eigenvalue weighted by molar-refractivity contribution is 0.101. The Kier molecular flexibility index (Phi) is 4.37. The molecule has 1 aliphatic heterocycles. The summed E-state index contributed by atoms with van der Waals surface area (Å²) in [5.74, 6) is 0.560. The van der Waals surface area contributed by atoms with Gasteiger partial charge in [0.15, 0.2) is 5.78 Å². The van der Waals surface area contributed by atoms with Crippen LogP contribution in [-0.4, -0.2) is 29.8 Å². The molecule has 5 nitrogen and oxygen atoms in total. The van der Waals surface area contributed by atoms with Crippen molar-refractivity contribution in [2.45, 2.75) is 19.8 Å². The molecule has 5 heteroatoms. The van der Waals surface area contributed by atoms with Crippen LogP contribution in [0.3, 0.4) is 0 Å². The largest absolute Gasteiger partial charge is 0.356 e. The van der Waals surface area contributed by atoms with Crippen LogP contribution in [0.25, 0.3) is 0 Å². The number of rotatable bonds is 4. The third-order valence-corrected chi connectivity index (χ3v) is 3.99. The highest BCUT2D eigenvalue weighted by Gasteiger charge is 2.20. The fraction of sp³-hybridized carbons (Fsp3) is 0.278. The zero-order valence-electron chi connectivity index (χ0n) is 13.1. The number of aromatic nitrogens is 1. The number of Topliss-reactive ketones (excluding diaryl/α,β-unsaturated/α-hetero) is 1. The Balaban J connectivity index is 1.79. The number of ketones is 1. The Morgan fingerprint density at radius 1 is 1.09 bits per heavy atom. The van der Waals surface area contributed by atoms with E-state index in [1.807, 2.05) is 0 Å². The number of hydrogen-bond acceptors (Lipinski definition) is 4. The summed E-state index contributed by atoms with van der Waals surface area (Å²) in [6, 6.07) is 10.5. The van der Waals surface area contributed by atoms with Crippen molar-refractivity contribution in [3.8, 4) is 0 Å². The van der Waals surface area contributed by atoms with E-state index in [9.17, 15) is 9.59 Å². The van der Waals surface area contributed by atoms with Gasteiger partial charge in [-0.2, -0.15) is 0 Å². The molecule has 0 saturated carbocycles. The minimum atomic E-state index is -0.185. The number of amides is 1. The van der Waals surface area contributed by atoms with Crippen LogP contribution < -0.4 is 10.2 Å². The van der Waals surface area contributed by atoms with Gasteiger partial charge in [0.2, 0.25) is 0 Å². The first-order valence-electron chi connectivity index (χ1n) is 7.77.